The maximum absolute atomic E-state index is 12.5. The number of anilines is 2. The van der Waals surface area contributed by atoms with Crippen LogP contribution in [0.4, 0.5) is 20.2 Å². The number of para-hydroxylation sites is 1. The number of rotatable bonds is 5. The Balaban J connectivity index is 2.26. The molecule has 0 unspecified atom stereocenters. The van der Waals surface area contributed by atoms with Crippen molar-refractivity contribution in [2.24, 2.45) is 5.73 Å². The van der Waals surface area contributed by atoms with Gasteiger partial charge >= 0.3 is 0 Å². The highest BCUT2D eigenvalue weighted by Crippen LogP contribution is 2.34. The van der Waals surface area contributed by atoms with Gasteiger partial charge in [0.1, 0.15) is 4.99 Å². The lowest BCUT2D eigenvalue weighted by molar-refractivity contribution is 0.252. The quantitative estimate of drug-likeness (QED) is 0.549. The zero-order valence-electron chi connectivity index (χ0n) is 10.6. The Labute approximate surface area is 139 Å². The van der Waals surface area contributed by atoms with Crippen molar-refractivity contribution in [2.45, 2.75) is 10.7 Å². The number of thiocarbonyl (C=S) groups is 1. The summed E-state index contributed by atoms with van der Waals surface area (Å²) in [6, 6.07) is 12.3. The molecule has 0 bridgehead atoms. The van der Waals surface area contributed by atoms with E-state index < -0.39 is 5.76 Å². The maximum atomic E-state index is 12.5. The first-order valence-electron chi connectivity index (χ1n) is 5.87. The Kier molecular flexibility index (Phi) is 5.55. The molecule has 0 amide bonds. The summed E-state index contributed by atoms with van der Waals surface area (Å²) in [7, 11) is 0. The highest BCUT2D eigenvalue weighted by Gasteiger charge is 2.10. The molecule has 0 heterocycles. The summed E-state index contributed by atoms with van der Waals surface area (Å²) in [5.41, 5.74) is 7.69. The zero-order chi connectivity index (χ0) is 15.4. The van der Waals surface area contributed by atoms with Gasteiger partial charge in [-0.25, -0.2) is 0 Å². The predicted octanol–water partition coefficient (Wildman–Crippen LogP) is 5.14. The van der Waals surface area contributed by atoms with E-state index in [4.69, 9.17) is 18.0 Å². The van der Waals surface area contributed by atoms with E-state index in [-0.39, 0.29) is 0 Å². The Morgan fingerprint density at radius 1 is 1.24 bits per heavy atom. The van der Waals surface area contributed by atoms with E-state index >= 15 is 0 Å². The second kappa shape index (κ2) is 7.20. The van der Waals surface area contributed by atoms with Crippen molar-refractivity contribution >= 4 is 56.3 Å². The van der Waals surface area contributed by atoms with Crippen molar-refractivity contribution < 1.29 is 8.78 Å². The first-order chi connectivity index (χ1) is 9.97. The lowest BCUT2D eigenvalue weighted by atomic mass is 10.2. The molecule has 21 heavy (non-hydrogen) atoms. The van der Waals surface area contributed by atoms with Crippen LogP contribution in [0.15, 0.2) is 51.8 Å². The molecule has 0 atom stereocenters. The van der Waals surface area contributed by atoms with Gasteiger partial charge in [0.15, 0.2) is 0 Å². The fourth-order valence-corrected chi connectivity index (χ4v) is 3.21. The average Bonchev–Trinajstić information content (AvgIpc) is 2.40. The van der Waals surface area contributed by atoms with Crippen LogP contribution in [0.5, 0.6) is 0 Å². The second-order valence-corrected chi connectivity index (χ2v) is 6.38. The highest BCUT2D eigenvalue weighted by molar-refractivity contribution is 9.10. The van der Waals surface area contributed by atoms with Crippen LogP contribution in [0, 0.1) is 0 Å². The molecule has 7 heteroatoms. The van der Waals surface area contributed by atoms with Gasteiger partial charge < -0.3 is 11.1 Å². The number of hydrogen-bond acceptors (Lipinski definition) is 3. The summed E-state index contributed by atoms with van der Waals surface area (Å²) >= 11 is 8.83. The van der Waals surface area contributed by atoms with E-state index in [1.165, 1.54) is 0 Å². The van der Waals surface area contributed by atoms with Crippen molar-refractivity contribution in [3.8, 4) is 0 Å². The molecule has 2 nitrogen and oxygen atoms in total. The highest BCUT2D eigenvalue weighted by atomic mass is 79.9. The van der Waals surface area contributed by atoms with E-state index in [1.807, 2.05) is 0 Å². The minimum absolute atomic E-state index is 0.294. The molecule has 0 spiro atoms. The molecule has 0 saturated heterocycles. The second-order valence-electron chi connectivity index (χ2n) is 4.06. The molecule has 2 aromatic rings. The number of alkyl halides is 2. The molecule has 2 rings (SSSR count). The third kappa shape index (κ3) is 4.39. The molecule has 0 saturated carbocycles. The van der Waals surface area contributed by atoms with Crippen molar-refractivity contribution in [2.75, 3.05) is 5.32 Å². The molecular formula is C14H11BrF2N2S2. The molecule has 0 radical (unpaired) electrons. The monoisotopic (exact) mass is 388 g/mol. The summed E-state index contributed by atoms with van der Waals surface area (Å²) in [5.74, 6) is -2.46. The van der Waals surface area contributed by atoms with E-state index in [1.54, 1.807) is 42.5 Å². The summed E-state index contributed by atoms with van der Waals surface area (Å²) < 4.78 is 25.8. The largest absolute Gasteiger partial charge is 0.389 e. The van der Waals surface area contributed by atoms with E-state index in [0.29, 0.717) is 27.3 Å². The van der Waals surface area contributed by atoms with Gasteiger partial charge in [-0.15, -0.1) is 0 Å². The minimum atomic E-state index is -2.46. The average molecular weight is 389 g/mol. The number of nitrogens with one attached hydrogen (secondary N) is 1. The van der Waals surface area contributed by atoms with Gasteiger partial charge in [0, 0.05) is 20.6 Å². The summed E-state index contributed by atoms with van der Waals surface area (Å²) in [4.78, 5) is 0.782. The van der Waals surface area contributed by atoms with Crippen molar-refractivity contribution in [1.29, 1.82) is 0 Å². The van der Waals surface area contributed by atoms with Gasteiger partial charge in [0.25, 0.3) is 5.76 Å². The standard InChI is InChI=1S/C14H11BrF2N2S2/c15-10-7-8(5-6-9(10)13(18)20)19-11-3-1-2-4-12(11)21-14(16)17/h1-7,14,19H,(H2,18,20). The molecule has 0 aliphatic heterocycles. The molecule has 0 aliphatic carbocycles. The van der Waals surface area contributed by atoms with Crippen molar-refractivity contribution in [1.82, 2.24) is 0 Å². The van der Waals surface area contributed by atoms with Crippen LogP contribution in [0.25, 0.3) is 0 Å². The number of benzene rings is 2. The number of halogens is 3. The predicted molar refractivity (Wildman–Crippen MR) is 91.6 cm³/mol. The normalized spacial score (nSPS) is 10.7. The van der Waals surface area contributed by atoms with Gasteiger partial charge in [-0.2, -0.15) is 8.78 Å². The van der Waals surface area contributed by atoms with E-state index in [2.05, 4.69) is 21.2 Å². The van der Waals surface area contributed by atoms with Crippen LogP contribution in [0.2, 0.25) is 0 Å². The maximum Gasteiger partial charge on any atom is 0.288 e. The van der Waals surface area contributed by atoms with Crippen LogP contribution in [0.1, 0.15) is 5.56 Å². The lowest BCUT2D eigenvalue weighted by Gasteiger charge is -2.12. The molecule has 0 aliphatic rings. The minimum Gasteiger partial charge on any atom is -0.389 e. The third-order valence-electron chi connectivity index (χ3n) is 2.62. The molecule has 3 N–H and O–H groups in total. The van der Waals surface area contributed by atoms with Crippen LogP contribution < -0.4 is 11.1 Å². The van der Waals surface area contributed by atoms with Crippen molar-refractivity contribution in [3.05, 3.63) is 52.5 Å². The molecule has 2 aromatic carbocycles. The summed E-state index contributed by atoms with van der Waals surface area (Å²) in [5, 5.41) is 3.12. The van der Waals surface area contributed by atoms with Gasteiger partial charge in [-0.3, -0.25) is 0 Å². The fourth-order valence-electron chi connectivity index (χ4n) is 1.72. The topological polar surface area (TPSA) is 38.0 Å². The van der Waals surface area contributed by atoms with Gasteiger partial charge in [-0.05, 0) is 46.3 Å². The number of nitrogens with two attached hydrogens (primary N) is 1. The van der Waals surface area contributed by atoms with Gasteiger partial charge in [0.2, 0.25) is 0 Å². The Morgan fingerprint density at radius 2 is 1.95 bits per heavy atom. The molecule has 0 fully saturated rings. The van der Waals surface area contributed by atoms with Gasteiger partial charge in [0.05, 0.1) is 5.69 Å². The van der Waals surface area contributed by atoms with E-state index in [0.717, 1.165) is 15.7 Å². The zero-order valence-corrected chi connectivity index (χ0v) is 13.9. The number of hydrogen-bond donors (Lipinski definition) is 2. The van der Waals surface area contributed by atoms with Crippen molar-refractivity contribution in [3.63, 3.8) is 0 Å². The van der Waals surface area contributed by atoms with Crippen LogP contribution in [-0.2, 0) is 0 Å². The lowest BCUT2D eigenvalue weighted by Crippen LogP contribution is -2.10. The van der Waals surface area contributed by atoms with Crippen LogP contribution >= 0.6 is 39.9 Å². The van der Waals surface area contributed by atoms with E-state index in [9.17, 15) is 8.78 Å². The van der Waals surface area contributed by atoms with Crippen LogP contribution in [-0.4, -0.2) is 10.7 Å². The fraction of sp³-hybridized carbons (Fsp3) is 0.0714. The summed E-state index contributed by atoms with van der Waals surface area (Å²) in [6.07, 6.45) is 0. The Morgan fingerprint density at radius 3 is 2.57 bits per heavy atom. The SMILES string of the molecule is NC(=S)c1ccc(Nc2ccccc2SC(F)F)cc1Br. The first-order valence-corrected chi connectivity index (χ1v) is 7.95. The smallest absolute Gasteiger partial charge is 0.288 e. The summed E-state index contributed by atoms with van der Waals surface area (Å²) in [6.45, 7) is 0. The molecular weight excluding hydrogens is 378 g/mol. The first kappa shape index (κ1) is 16.2. The Bertz CT molecular complexity index is 665. The van der Waals surface area contributed by atoms with Crippen LogP contribution in [0.3, 0.4) is 0 Å². The Hall–Kier alpha value is -1.18. The van der Waals surface area contributed by atoms with Gasteiger partial charge in [-0.1, -0.05) is 36.1 Å². The molecule has 110 valence electrons. The number of thioether (sulfide) groups is 1. The molecule has 0 aromatic heterocycles. The third-order valence-corrected chi connectivity index (χ3v) is 4.28.